The summed E-state index contributed by atoms with van der Waals surface area (Å²) in [7, 11) is 1.36. The van der Waals surface area contributed by atoms with E-state index in [1.807, 2.05) is 55.5 Å². The van der Waals surface area contributed by atoms with E-state index in [9.17, 15) is 4.79 Å². The number of esters is 1. The number of benzene rings is 2. The molecule has 0 fully saturated rings. The molecule has 0 amide bonds. The number of ether oxygens (including phenoxy) is 2. The molecule has 2 rings (SSSR count). The van der Waals surface area contributed by atoms with Crippen LogP contribution in [0.4, 0.5) is 0 Å². The number of rotatable bonds is 7. The fourth-order valence-corrected chi connectivity index (χ4v) is 2.14. The van der Waals surface area contributed by atoms with Crippen molar-refractivity contribution in [3.63, 3.8) is 0 Å². The summed E-state index contributed by atoms with van der Waals surface area (Å²) in [6.45, 7) is 2.25. The molecule has 0 saturated carbocycles. The third kappa shape index (κ3) is 6.91. The van der Waals surface area contributed by atoms with Gasteiger partial charge in [0, 0.05) is 0 Å². The number of allylic oxidation sites excluding steroid dienone is 1. The van der Waals surface area contributed by atoms with Crippen LogP contribution < -0.4 is 15.9 Å². The fraction of sp³-hybridized carbons (Fsp3) is 0.150. The van der Waals surface area contributed by atoms with E-state index in [1.54, 1.807) is 12.1 Å². The average Bonchev–Trinajstić information content (AvgIpc) is 2.69. The molecule has 27 heavy (non-hydrogen) atoms. The number of thiocarbonyl (C=S) groups is 1. The van der Waals surface area contributed by atoms with Crippen molar-refractivity contribution in [3.05, 3.63) is 71.3 Å². The van der Waals surface area contributed by atoms with E-state index >= 15 is 0 Å². The smallest absolute Gasteiger partial charge is 0.337 e. The van der Waals surface area contributed by atoms with Gasteiger partial charge < -0.3 is 15.2 Å². The SMILES string of the molecule is COC(=O)c1ccc(COc2ccc(/C=C/C(C)=N\NC(N)=S)cc2)cc1. The van der Waals surface area contributed by atoms with Gasteiger partial charge in [0.15, 0.2) is 5.11 Å². The molecule has 0 aliphatic carbocycles. The van der Waals surface area contributed by atoms with Crippen molar-refractivity contribution in [2.24, 2.45) is 10.8 Å². The minimum absolute atomic E-state index is 0.129. The number of hydrazone groups is 1. The van der Waals surface area contributed by atoms with Gasteiger partial charge in [0.25, 0.3) is 0 Å². The van der Waals surface area contributed by atoms with Gasteiger partial charge in [0.05, 0.1) is 18.4 Å². The second kappa shape index (κ2) is 10.1. The lowest BCUT2D eigenvalue weighted by atomic mass is 10.1. The molecule has 0 aromatic heterocycles. The highest BCUT2D eigenvalue weighted by Crippen LogP contribution is 2.15. The topological polar surface area (TPSA) is 85.9 Å². The Kier molecular flexibility index (Phi) is 7.51. The van der Waals surface area contributed by atoms with Crippen LogP contribution in [0, 0.1) is 0 Å². The van der Waals surface area contributed by atoms with Crippen LogP contribution in [0.3, 0.4) is 0 Å². The van der Waals surface area contributed by atoms with Crippen molar-refractivity contribution < 1.29 is 14.3 Å². The normalized spacial score (nSPS) is 11.3. The van der Waals surface area contributed by atoms with Crippen LogP contribution in [0.15, 0.2) is 59.7 Å². The Morgan fingerprint density at radius 1 is 1.19 bits per heavy atom. The lowest BCUT2D eigenvalue weighted by molar-refractivity contribution is 0.0600. The highest BCUT2D eigenvalue weighted by Gasteiger charge is 2.04. The van der Waals surface area contributed by atoms with Gasteiger partial charge in [0.1, 0.15) is 12.4 Å². The minimum Gasteiger partial charge on any atom is -0.489 e. The van der Waals surface area contributed by atoms with Crippen LogP contribution in [-0.4, -0.2) is 23.9 Å². The maximum Gasteiger partial charge on any atom is 0.337 e. The van der Waals surface area contributed by atoms with E-state index in [2.05, 4.69) is 15.3 Å². The molecule has 0 heterocycles. The van der Waals surface area contributed by atoms with Gasteiger partial charge in [-0.2, -0.15) is 5.10 Å². The maximum atomic E-state index is 11.4. The lowest BCUT2D eigenvalue weighted by Gasteiger charge is -2.07. The molecule has 0 spiro atoms. The summed E-state index contributed by atoms with van der Waals surface area (Å²) in [5.41, 5.74) is 11.1. The molecule has 7 heteroatoms. The number of nitrogens with zero attached hydrogens (tertiary/aromatic N) is 1. The quantitative estimate of drug-likeness (QED) is 0.330. The lowest BCUT2D eigenvalue weighted by Crippen LogP contribution is -2.24. The number of carbonyl (C=O) groups is 1. The summed E-state index contributed by atoms with van der Waals surface area (Å²) >= 11 is 4.69. The van der Waals surface area contributed by atoms with Crippen molar-refractivity contribution in [1.29, 1.82) is 0 Å². The number of carbonyl (C=O) groups excluding carboxylic acids is 1. The zero-order valence-electron chi connectivity index (χ0n) is 15.1. The molecule has 6 nitrogen and oxygen atoms in total. The van der Waals surface area contributed by atoms with Crippen LogP contribution in [0.1, 0.15) is 28.4 Å². The third-order valence-corrected chi connectivity index (χ3v) is 3.61. The summed E-state index contributed by atoms with van der Waals surface area (Å²) in [6, 6.07) is 14.8. The number of nitrogens with two attached hydrogens (primary N) is 1. The Balaban J connectivity index is 1.89. The van der Waals surface area contributed by atoms with Crippen LogP contribution in [0.2, 0.25) is 0 Å². The van der Waals surface area contributed by atoms with E-state index < -0.39 is 0 Å². The molecule has 0 aliphatic heterocycles. The first kappa shape index (κ1) is 20.1. The number of methoxy groups -OCH3 is 1. The van der Waals surface area contributed by atoms with Gasteiger partial charge in [-0.3, -0.25) is 5.43 Å². The molecule has 0 saturated heterocycles. The summed E-state index contributed by atoms with van der Waals surface area (Å²) in [6.07, 6.45) is 3.78. The van der Waals surface area contributed by atoms with Crippen LogP contribution in [-0.2, 0) is 11.3 Å². The Bertz CT molecular complexity index is 844. The Labute approximate surface area is 163 Å². The molecule has 0 atom stereocenters. The highest BCUT2D eigenvalue weighted by atomic mass is 32.1. The number of hydrogen-bond donors (Lipinski definition) is 2. The van der Waals surface area contributed by atoms with Gasteiger partial charge in [-0.15, -0.1) is 0 Å². The fourth-order valence-electron chi connectivity index (χ4n) is 2.09. The number of hydrogen-bond acceptors (Lipinski definition) is 5. The third-order valence-electron chi connectivity index (χ3n) is 3.52. The van der Waals surface area contributed by atoms with Crippen LogP contribution in [0.5, 0.6) is 5.75 Å². The predicted octanol–water partition coefficient (Wildman–Crippen LogP) is 3.27. The molecule has 140 valence electrons. The van der Waals surface area contributed by atoms with Crippen molar-refractivity contribution in [2.45, 2.75) is 13.5 Å². The van der Waals surface area contributed by atoms with E-state index in [-0.39, 0.29) is 11.1 Å². The molecule has 0 radical (unpaired) electrons. The summed E-state index contributed by atoms with van der Waals surface area (Å²) in [4.78, 5) is 11.4. The predicted molar refractivity (Wildman–Crippen MR) is 111 cm³/mol. The Morgan fingerprint density at radius 2 is 1.85 bits per heavy atom. The Morgan fingerprint density at radius 3 is 2.44 bits per heavy atom. The first-order chi connectivity index (χ1) is 13.0. The van der Waals surface area contributed by atoms with E-state index in [0.29, 0.717) is 12.2 Å². The second-order valence-corrected chi connectivity index (χ2v) is 6.05. The zero-order chi connectivity index (χ0) is 19.6. The highest BCUT2D eigenvalue weighted by molar-refractivity contribution is 7.80. The van der Waals surface area contributed by atoms with Crippen molar-refractivity contribution >= 4 is 35.1 Å². The maximum absolute atomic E-state index is 11.4. The van der Waals surface area contributed by atoms with E-state index in [1.165, 1.54) is 7.11 Å². The van der Waals surface area contributed by atoms with Crippen molar-refractivity contribution in [3.8, 4) is 5.75 Å². The summed E-state index contributed by atoms with van der Waals surface area (Å²) in [5, 5.41) is 4.13. The van der Waals surface area contributed by atoms with Gasteiger partial charge in [0.2, 0.25) is 0 Å². The first-order valence-electron chi connectivity index (χ1n) is 8.16. The molecule has 0 aliphatic rings. The summed E-state index contributed by atoms with van der Waals surface area (Å²) < 4.78 is 10.4. The van der Waals surface area contributed by atoms with Gasteiger partial charge >= 0.3 is 5.97 Å². The molecule has 2 aromatic rings. The van der Waals surface area contributed by atoms with E-state index in [0.717, 1.165) is 22.6 Å². The minimum atomic E-state index is -0.354. The largest absolute Gasteiger partial charge is 0.489 e. The van der Waals surface area contributed by atoms with Crippen molar-refractivity contribution in [2.75, 3.05) is 7.11 Å². The molecular formula is C20H21N3O3S. The molecular weight excluding hydrogens is 362 g/mol. The first-order valence-corrected chi connectivity index (χ1v) is 8.56. The monoisotopic (exact) mass is 383 g/mol. The second-order valence-electron chi connectivity index (χ2n) is 5.61. The zero-order valence-corrected chi connectivity index (χ0v) is 16.0. The van der Waals surface area contributed by atoms with Gasteiger partial charge in [-0.05, 0) is 60.6 Å². The number of nitrogens with one attached hydrogen (secondary N) is 1. The van der Waals surface area contributed by atoms with Gasteiger partial charge in [-0.25, -0.2) is 4.79 Å². The van der Waals surface area contributed by atoms with Crippen molar-refractivity contribution in [1.82, 2.24) is 5.43 Å². The molecule has 0 unspecified atom stereocenters. The van der Waals surface area contributed by atoms with Crippen LogP contribution >= 0.6 is 12.2 Å². The average molecular weight is 383 g/mol. The Hall–Kier alpha value is -3.19. The standard InChI is InChI=1S/C20H21N3O3S/c1-14(22-23-20(21)27)3-4-15-7-11-18(12-8-15)26-13-16-5-9-17(10-6-16)19(24)25-2/h3-12H,13H2,1-2H3,(H3,21,23,27)/b4-3+,22-14-. The molecule has 0 bridgehead atoms. The van der Waals surface area contributed by atoms with E-state index in [4.69, 9.17) is 22.7 Å². The molecule has 3 N–H and O–H groups in total. The summed E-state index contributed by atoms with van der Waals surface area (Å²) in [5.74, 6) is 0.401. The van der Waals surface area contributed by atoms with Gasteiger partial charge in [-0.1, -0.05) is 30.3 Å². The molecule has 2 aromatic carbocycles. The van der Waals surface area contributed by atoms with Crippen LogP contribution in [0.25, 0.3) is 6.08 Å².